The number of aliphatic hydroxyl groups excluding tert-OH is 4. The second kappa shape index (κ2) is 8.34. The van der Waals surface area contributed by atoms with Crippen LogP contribution in [0.25, 0.3) is 0 Å². The van der Waals surface area contributed by atoms with Gasteiger partial charge >= 0.3 is 0 Å². The van der Waals surface area contributed by atoms with E-state index in [0.717, 1.165) is 5.56 Å². The van der Waals surface area contributed by atoms with E-state index in [0.29, 0.717) is 23.5 Å². The van der Waals surface area contributed by atoms with Crippen molar-refractivity contribution in [3.05, 3.63) is 64.2 Å². The van der Waals surface area contributed by atoms with Gasteiger partial charge in [0.25, 0.3) is 0 Å². The molecule has 1 aliphatic carbocycles. The fourth-order valence-corrected chi connectivity index (χ4v) is 4.03. The van der Waals surface area contributed by atoms with Crippen molar-refractivity contribution in [2.24, 2.45) is 0 Å². The average Bonchev–Trinajstić information content (AvgIpc) is 3.59. The lowest BCUT2D eigenvalue weighted by Gasteiger charge is -2.40. The molecular weight excluding hydrogens is 386 g/mol. The number of phenolic OH excluding ortho intramolecular Hbond substituents is 1. The summed E-state index contributed by atoms with van der Waals surface area (Å²) in [6.45, 7) is -0.557. The first-order chi connectivity index (χ1) is 14.4. The van der Waals surface area contributed by atoms with Crippen LogP contribution >= 0.6 is 0 Å². The molecule has 158 valence electrons. The zero-order valence-corrected chi connectivity index (χ0v) is 16.3. The van der Waals surface area contributed by atoms with E-state index >= 15 is 0 Å². The molecule has 0 radical (unpaired) electrons. The first-order valence-corrected chi connectivity index (χ1v) is 10.1. The zero-order valence-electron chi connectivity index (χ0n) is 16.3. The smallest absolute Gasteiger partial charge is 0.122 e. The number of ether oxygens (including phenoxy) is 1. The summed E-state index contributed by atoms with van der Waals surface area (Å²) < 4.78 is 5.57. The van der Waals surface area contributed by atoms with Crippen LogP contribution in [0.5, 0.6) is 5.75 Å². The summed E-state index contributed by atoms with van der Waals surface area (Å²) in [7, 11) is 0. The number of hydrogen-bond donors (Lipinski definition) is 5. The Hall–Kier alpha value is -2.47. The fraction of sp³-hybridized carbons (Fsp3) is 0.435. The maximum Gasteiger partial charge on any atom is 0.122 e. The topological polar surface area (TPSA) is 134 Å². The Morgan fingerprint density at radius 3 is 2.30 bits per heavy atom. The number of hydrogen-bond acceptors (Lipinski definition) is 7. The minimum Gasteiger partial charge on any atom is -0.508 e. The average molecular weight is 411 g/mol. The number of aliphatic hydroxyl groups is 4. The zero-order chi connectivity index (χ0) is 21.4. The highest BCUT2D eigenvalue weighted by Crippen LogP contribution is 2.40. The van der Waals surface area contributed by atoms with Crippen molar-refractivity contribution < 1.29 is 30.3 Å². The molecule has 0 bridgehead atoms. The largest absolute Gasteiger partial charge is 0.508 e. The third-order valence-electron chi connectivity index (χ3n) is 5.99. The van der Waals surface area contributed by atoms with Crippen molar-refractivity contribution >= 4 is 0 Å². The normalized spacial score (nSPS) is 28.8. The maximum absolute atomic E-state index is 10.4. The fourth-order valence-electron chi connectivity index (χ4n) is 4.03. The third kappa shape index (κ3) is 3.93. The standard InChI is InChI=1S/C23H25NO6/c24-10-16-9-18(26)17(23-22(29)21(28)20(27)19(11-25)30-23)8-15(16)7-12-1-3-13(4-2-12)14-5-6-14/h1-4,8-9,14,19-23,25-29H,5-7,11H2/t19-,20-,21+,22-,23+/m1/s1. The Balaban J connectivity index is 1.65. The lowest BCUT2D eigenvalue weighted by Crippen LogP contribution is -2.55. The van der Waals surface area contributed by atoms with Gasteiger partial charge in [0.15, 0.2) is 0 Å². The van der Waals surface area contributed by atoms with Gasteiger partial charge in [-0.2, -0.15) is 5.26 Å². The highest BCUT2D eigenvalue weighted by Gasteiger charge is 2.44. The second-order valence-corrected chi connectivity index (χ2v) is 8.12. The van der Waals surface area contributed by atoms with E-state index in [1.54, 1.807) is 6.07 Å². The Morgan fingerprint density at radius 2 is 1.70 bits per heavy atom. The lowest BCUT2D eigenvalue weighted by atomic mass is 9.88. The molecule has 2 aromatic rings. The molecule has 2 aliphatic rings. The van der Waals surface area contributed by atoms with Gasteiger partial charge < -0.3 is 30.3 Å². The molecule has 7 heteroatoms. The number of nitrogens with zero attached hydrogens (tertiary/aromatic N) is 1. The predicted octanol–water partition coefficient (Wildman–Crippen LogP) is 1.25. The summed E-state index contributed by atoms with van der Waals surface area (Å²) in [6, 6.07) is 13.2. The molecule has 2 aromatic carbocycles. The van der Waals surface area contributed by atoms with Gasteiger partial charge in [-0.25, -0.2) is 0 Å². The summed E-state index contributed by atoms with van der Waals surface area (Å²) in [5, 5.41) is 59.8. The van der Waals surface area contributed by atoms with Gasteiger partial charge in [-0.15, -0.1) is 0 Å². The van der Waals surface area contributed by atoms with E-state index in [4.69, 9.17) is 4.74 Å². The summed E-state index contributed by atoms with van der Waals surface area (Å²) in [6.07, 6.45) is -3.89. The highest BCUT2D eigenvalue weighted by molar-refractivity contribution is 5.50. The number of benzene rings is 2. The lowest BCUT2D eigenvalue weighted by molar-refractivity contribution is -0.232. The highest BCUT2D eigenvalue weighted by atomic mass is 16.5. The summed E-state index contributed by atoms with van der Waals surface area (Å²) >= 11 is 0. The molecule has 0 unspecified atom stereocenters. The van der Waals surface area contributed by atoms with Gasteiger partial charge in [0.2, 0.25) is 0 Å². The molecule has 0 aromatic heterocycles. The van der Waals surface area contributed by atoms with E-state index in [-0.39, 0.29) is 11.3 Å². The van der Waals surface area contributed by atoms with Crippen LogP contribution in [-0.2, 0) is 11.2 Å². The number of aromatic hydroxyl groups is 1. The molecule has 1 saturated carbocycles. The minimum atomic E-state index is -1.55. The Morgan fingerprint density at radius 1 is 1.00 bits per heavy atom. The van der Waals surface area contributed by atoms with Crippen LogP contribution in [0.4, 0.5) is 0 Å². The predicted molar refractivity (Wildman–Crippen MR) is 107 cm³/mol. The SMILES string of the molecule is N#Cc1cc(O)c([C@@H]2O[C@H](CO)[C@@H](O)[C@H](O)[C@H]2O)cc1Cc1ccc(C2CC2)cc1. The molecule has 4 rings (SSSR count). The van der Waals surface area contributed by atoms with Gasteiger partial charge in [-0.3, -0.25) is 0 Å². The monoisotopic (exact) mass is 411 g/mol. The van der Waals surface area contributed by atoms with Crippen LogP contribution in [0.3, 0.4) is 0 Å². The molecule has 5 atom stereocenters. The van der Waals surface area contributed by atoms with E-state index in [1.807, 2.05) is 12.1 Å². The summed E-state index contributed by atoms with van der Waals surface area (Å²) in [4.78, 5) is 0. The first kappa shape index (κ1) is 20.8. The molecule has 2 fully saturated rings. The Labute approximate surface area is 174 Å². The molecule has 5 N–H and O–H groups in total. The minimum absolute atomic E-state index is 0.190. The van der Waals surface area contributed by atoms with Crippen molar-refractivity contribution in [2.45, 2.75) is 55.7 Å². The van der Waals surface area contributed by atoms with Gasteiger partial charge in [-0.05, 0) is 54.0 Å². The van der Waals surface area contributed by atoms with Crippen LogP contribution in [0.2, 0.25) is 0 Å². The molecular formula is C23H25NO6. The van der Waals surface area contributed by atoms with Crippen molar-refractivity contribution in [3.63, 3.8) is 0 Å². The van der Waals surface area contributed by atoms with Gasteiger partial charge in [0.1, 0.15) is 36.3 Å². The van der Waals surface area contributed by atoms with Crippen molar-refractivity contribution in [1.29, 1.82) is 5.26 Å². The summed E-state index contributed by atoms with van der Waals surface area (Å²) in [5.41, 5.74) is 3.44. The Kier molecular flexibility index (Phi) is 5.78. The quantitative estimate of drug-likeness (QED) is 0.500. The second-order valence-electron chi connectivity index (χ2n) is 8.12. The maximum atomic E-state index is 10.4. The Bertz CT molecular complexity index is 947. The summed E-state index contributed by atoms with van der Waals surface area (Å²) in [5.74, 6) is 0.392. The van der Waals surface area contributed by atoms with Crippen LogP contribution in [0, 0.1) is 11.3 Å². The molecule has 7 nitrogen and oxygen atoms in total. The number of phenols is 1. The van der Waals surface area contributed by atoms with E-state index in [9.17, 15) is 30.8 Å². The van der Waals surface area contributed by atoms with E-state index < -0.39 is 37.1 Å². The van der Waals surface area contributed by atoms with Crippen LogP contribution in [0.1, 0.15) is 52.7 Å². The van der Waals surface area contributed by atoms with Crippen LogP contribution in [-0.4, -0.2) is 56.6 Å². The molecule has 0 amide bonds. The van der Waals surface area contributed by atoms with Crippen LogP contribution < -0.4 is 0 Å². The molecule has 30 heavy (non-hydrogen) atoms. The first-order valence-electron chi connectivity index (χ1n) is 10.1. The molecule has 0 spiro atoms. The van der Waals surface area contributed by atoms with Gasteiger partial charge in [-0.1, -0.05) is 24.3 Å². The van der Waals surface area contributed by atoms with Crippen molar-refractivity contribution in [1.82, 2.24) is 0 Å². The third-order valence-corrected chi connectivity index (χ3v) is 5.99. The van der Waals surface area contributed by atoms with Crippen molar-refractivity contribution in [3.8, 4) is 11.8 Å². The van der Waals surface area contributed by atoms with E-state index in [1.165, 1.54) is 24.5 Å². The number of nitriles is 1. The van der Waals surface area contributed by atoms with Crippen molar-refractivity contribution in [2.75, 3.05) is 6.61 Å². The molecule has 1 heterocycles. The van der Waals surface area contributed by atoms with Crippen LogP contribution in [0.15, 0.2) is 36.4 Å². The van der Waals surface area contributed by atoms with Gasteiger partial charge in [0, 0.05) is 5.56 Å². The molecule has 1 aliphatic heterocycles. The van der Waals surface area contributed by atoms with Gasteiger partial charge in [0.05, 0.1) is 18.2 Å². The number of rotatable bonds is 5. The van der Waals surface area contributed by atoms with E-state index in [2.05, 4.69) is 18.2 Å². The molecule has 1 saturated heterocycles.